The van der Waals surface area contributed by atoms with Gasteiger partial charge in [0, 0.05) is 11.3 Å². The Hall–Kier alpha value is -2.03. The van der Waals surface area contributed by atoms with Crippen LogP contribution < -0.4 is 5.73 Å². The lowest BCUT2D eigenvalue weighted by Crippen LogP contribution is -2.02. The number of nitrogen functional groups attached to an aromatic ring is 1. The molecule has 1 aromatic carbocycles. The summed E-state index contributed by atoms with van der Waals surface area (Å²) < 4.78 is 5.37. The molecule has 0 aliphatic rings. The number of hydrogen-bond acceptors (Lipinski definition) is 3. The highest BCUT2D eigenvalue weighted by Crippen LogP contribution is 2.20. The Morgan fingerprint density at radius 3 is 2.41 bits per heavy atom. The molecule has 0 aliphatic heterocycles. The summed E-state index contributed by atoms with van der Waals surface area (Å²) in [5, 5.41) is 0. The van der Waals surface area contributed by atoms with Gasteiger partial charge in [0.1, 0.15) is 11.5 Å². The third-order valence-electron chi connectivity index (χ3n) is 2.82. The summed E-state index contributed by atoms with van der Waals surface area (Å²) in [6.07, 6.45) is 0. The van der Waals surface area contributed by atoms with Crippen molar-refractivity contribution in [2.24, 2.45) is 0 Å². The minimum atomic E-state index is -0.0255. The van der Waals surface area contributed by atoms with Crippen molar-refractivity contribution >= 4 is 11.5 Å². The van der Waals surface area contributed by atoms with Crippen molar-refractivity contribution in [3.63, 3.8) is 0 Å². The summed E-state index contributed by atoms with van der Waals surface area (Å²) in [4.78, 5) is 12.2. The van der Waals surface area contributed by atoms with Gasteiger partial charge in [-0.25, -0.2) is 0 Å². The highest BCUT2D eigenvalue weighted by atomic mass is 16.3. The smallest absolute Gasteiger partial charge is 0.196 e. The van der Waals surface area contributed by atoms with Gasteiger partial charge in [0.25, 0.3) is 0 Å². The third-order valence-corrected chi connectivity index (χ3v) is 2.82. The van der Waals surface area contributed by atoms with Gasteiger partial charge in [-0.05, 0) is 50.6 Å². The molecule has 0 saturated heterocycles. The lowest BCUT2D eigenvalue weighted by atomic mass is 10.0. The summed E-state index contributed by atoms with van der Waals surface area (Å²) in [7, 11) is 0. The van der Waals surface area contributed by atoms with Crippen molar-refractivity contribution in [3.05, 3.63) is 52.5 Å². The fraction of sp³-hybridized carbons (Fsp3) is 0.214. The molecule has 0 atom stereocenters. The average Bonchev–Trinajstić information content (AvgIpc) is 2.61. The average molecular weight is 229 g/mol. The van der Waals surface area contributed by atoms with Gasteiger partial charge in [-0.15, -0.1) is 0 Å². The van der Waals surface area contributed by atoms with Crippen molar-refractivity contribution in [2.45, 2.75) is 20.8 Å². The number of nitrogens with two attached hydrogens (primary N) is 1. The van der Waals surface area contributed by atoms with Crippen molar-refractivity contribution < 1.29 is 9.21 Å². The second kappa shape index (κ2) is 4.09. The van der Waals surface area contributed by atoms with Gasteiger partial charge in [0.05, 0.1) is 5.56 Å². The first-order chi connectivity index (χ1) is 7.99. The van der Waals surface area contributed by atoms with Gasteiger partial charge < -0.3 is 10.2 Å². The van der Waals surface area contributed by atoms with Gasteiger partial charge in [0.2, 0.25) is 0 Å². The molecule has 0 bridgehead atoms. The van der Waals surface area contributed by atoms with Crippen LogP contribution in [0, 0.1) is 20.8 Å². The van der Waals surface area contributed by atoms with Crippen LogP contribution >= 0.6 is 0 Å². The molecule has 0 aliphatic carbocycles. The molecule has 1 aromatic heterocycles. The molecular weight excluding hydrogens is 214 g/mol. The molecule has 0 amide bonds. The molecule has 2 aromatic rings. The zero-order chi connectivity index (χ0) is 12.6. The largest absolute Gasteiger partial charge is 0.466 e. The van der Waals surface area contributed by atoms with Crippen LogP contribution in [0.3, 0.4) is 0 Å². The number of anilines is 1. The van der Waals surface area contributed by atoms with Gasteiger partial charge in [-0.2, -0.15) is 0 Å². The molecule has 0 spiro atoms. The van der Waals surface area contributed by atoms with Crippen LogP contribution in [0.25, 0.3) is 0 Å². The highest BCUT2D eigenvalue weighted by molar-refractivity contribution is 6.10. The summed E-state index contributed by atoms with van der Waals surface area (Å²) >= 11 is 0. The minimum Gasteiger partial charge on any atom is -0.466 e. The Balaban J connectivity index is 2.44. The Morgan fingerprint density at radius 1 is 1.18 bits per heavy atom. The van der Waals surface area contributed by atoms with E-state index >= 15 is 0 Å². The molecule has 2 N–H and O–H groups in total. The molecule has 0 fully saturated rings. The lowest BCUT2D eigenvalue weighted by molar-refractivity contribution is 0.103. The van der Waals surface area contributed by atoms with Crippen molar-refractivity contribution in [1.29, 1.82) is 0 Å². The maximum absolute atomic E-state index is 12.2. The van der Waals surface area contributed by atoms with E-state index < -0.39 is 0 Å². The van der Waals surface area contributed by atoms with E-state index in [1.54, 1.807) is 31.2 Å². The van der Waals surface area contributed by atoms with Crippen LogP contribution in [-0.2, 0) is 0 Å². The van der Waals surface area contributed by atoms with E-state index in [4.69, 9.17) is 10.2 Å². The molecule has 0 saturated carbocycles. The molecular formula is C14H15NO2. The van der Waals surface area contributed by atoms with Crippen LogP contribution in [0.15, 0.2) is 28.7 Å². The topological polar surface area (TPSA) is 56.2 Å². The van der Waals surface area contributed by atoms with E-state index in [1.165, 1.54) is 0 Å². The predicted octanol–water partition coefficient (Wildman–Crippen LogP) is 3.02. The number of benzene rings is 1. The Labute approximate surface area is 100 Å². The number of hydrogen-bond donors (Lipinski definition) is 1. The van der Waals surface area contributed by atoms with Crippen molar-refractivity contribution in [3.8, 4) is 0 Å². The Kier molecular flexibility index (Phi) is 2.76. The fourth-order valence-electron chi connectivity index (χ4n) is 1.83. The summed E-state index contributed by atoms with van der Waals surface area (Å²) in [5.74, 6) is 1.38. The number of carbonyl (C=O) groups excluding carboxylic acids is 1. The molecule has 1 heterocycles. The molecule has 2 rings (SSSR count). The number of aryl methyl sites for hydroxylation is 3. The monoisotopic (exact) mass is 229 g/mol. The summed E-state index contributed by atoms with van der Waals surface area (Å²) in [5.41, 5.74) is 8.60. The molecule has 88 valence electrons. The molecule has 3 nitrogen and oxygen atoms in total. The van der Waals surface area contributed by atoms with Gasteiger partial charge >= 0.3 is 0 Å². The second-order valence-corrected chi connectivity index (χ2v) is 4.23. The number of ketones is 1. The highest BCUT2D eigenvalue weighted by Gasteiger charge is 2.15. The van der Waals surface area contributed by atoms with Crippen LogP contribution in [0.4, 0.5) is 5.69 Å². The SMILES string of the molecule is Cc1cc(C(=O)c2ccc(N)c(C)c2)c(C)o1. The Morgan fingerprint density at radius 2 is 1.88 bits per heavy atom. The van der Waals surface area contributed by atoms with E-state index in [2.05, 4.69) is 0 Å². The normalized spacial score (nSPS) is 10.5. The molecule has 0 unspecified atom stereocenters. The maximum atomic E-state index is 12.2. The molecule has 0 radical (unpaired) electrons. The summed E-state index contributed by atoms with van der Waals surface area (Å²) in [6, 6.07) is 7.07. The first kappa shape index (κ1) is 11.5. The fourth-order valence-corrected chi connectivity index (χ4v) is 1.83. The first-order valence-electron chi connectivity index (χ1n) is 5.47. The molecule has 17 heavy (non-hydrogen) atoms. The van der Waals surface area contributed by atoms with E-state index in [0.29, 0.717) is 22.6 Å². The first-order valence-corrected chi connectivity index (χ1v) is 5.47. The number of carbonyl (C=O) groups is 1. The predicted molar refractivity (Wildman–Crippen MR) is 67.2 cm³/mol. The van der Waals surface area contributed by atoms with Crippen LogP contribution in [0.5, 0.6) is 0 Å². The second-order valence-electron chi connectivity index (χ2n) is 4.23. The zero-order valence-corrected chi connectivity index (χ0v) is 10.2. The number of rotatable bonds is 2. The van der Waals surface area contributed by atoms with Crippen LogP contribution in [0.1, 0.15) is 33.0 Å². The van der Waals surface area contributed by atoms with Crippen molar-refractivity contribution in [2.75, 3.05) is 5.73 Å². The summed E-state index contributed by atoms with van der Waals surface area (Å²) in [6.45, 7) is 5.52. The van der Waals surface area contributed by atoms with Gasteiger partial charge in [-0.3, -0.25) is 4.79 Å². The van der Waals surface area contributed by atoms with Gasteiger partial charge in [-0.1, -0.05) is 0 Å². The standard InChI is InChI=1S/C14H15NO2/c1-8-6-11(4-5-13(8)15)14(16)12-7-9(2)17-10(12)3/h4-7H,15H2,1-3H3. The van der Waals surface area contributed by atoms with E-state index in [9.17, 15) is 4.79 Å². The Bertz CT molecular complexity index is 582. The molecule has 3 heteroatoms. The van der Waals surface area contributed by atoms with Crippen LogP contribution in [-0.4, -0.2) is 5.78 Å². The van der Waals surface area contributed by atoms with E-state index in [1.807, 2.05) is 13.8 Å². The van der Waals surface area contributed by atoms with Gasteiger partial charge in [0.15, 0.2) is 5.78 Å². The van der Waals surface area contributed by atoms with Crippen LogP contribution in [0.2, 0.25) is 0 Å². The zero-order valence-electron chi connectivity index (χ0n) is 10.2. The van der Waals surface area contributed by atoms with E-state index in [-0.39, 0.29) is 5.78 Å². The third kappa shape index (κ3) is 2.09. The lowest BCUT2D eigenvalue weighted by Gasteiger charge is -2.03. The van der Waals surface area contributed by atoms with E-state index in [0.717, 1.165) is 11.3 Å². The maximum Gasteiger partial charge on any atom is 0.196 e. The van der Waals surface area contributed by atoms with Crippen molar-refractivity contribution in [1.82, 2.24) is 0 Å². The number of furan rings is 1. The quantitative estimate of drug-likeness (QED) is 0.636. The minimum absolute atomic E-state index is 0.0255.